The molecule has 1 amide bonds. The molecular weight excluding hydrogens is 362 g/mol. The van der Waals surface area contributed by atoms with E-state index in [0.29, 0.717) is 30.3 Å². The first-order valence-corrected chi connectivity index (χ1v) is 9.46. The predicted octanol–water partition coefficient (Wildman–Crippen LogP) is 3.43. The molecule has 0 spiro atoms. The highest BCUT2D eigenvalue weighted by Gasteiger charge is 2.29. The van der Waals surface area contributed by atoms with E-state index in [1.54, 1.807) is 7.11 Å². The lowest BCUT2D eigenvalue weighted by Crippen LogP contribution is -2.42. The molecule has 2 aromatic carbocycles. The van der Waals surface area contributed by atoms with Gasteiger partial charge in [0.15, 0.2) is 0 Å². The molecule has 0 unspecified atom stereocenters. The highest BCUT2D eigenvalue weighted by molar-refractivity contribution is 7.08. The molecule has 0 radical (unpaired) electrons. The average Bonchev–Trinajstić information content (AvgIpc) is 3.24. The van der Waals surface area contributed by atoms with Gasteiger partial charge in [0.05, 0.1) is 20.3 Å². The molecule has 1 fully saturated rings. The zero-order valence-corrected chi connectivity index (χ0v) is 15.7. The Balaban J connectivity index is 1.55. The van der Waals surface area contributed by atoms with Crippen LogP contribution >= 0.6 is 11.5 Å². The van der Waals surface area contributed by atoms with Gasteiger partial charge in [0.2, 0.25) is 0 Å². The Hall–Kier alpha value is -2.77. The van der Waals surface area contributed by atoms with Gasteiger partial charge in [0.1, 0.15) is 22.4 Å². The first kappa shape index (κ1) is 17.6. The van der Waals surface area contributed by atoms with Crippen molar-refractivity contribution in [2.45, 2.75) is 6.10 Å². The molecule has 0 aliphatic carbocycles. The van der Waals surface area contributed by atoms with Crippen molar-refractivity contribution >= 4 is 17.4 Å². The van der Waals surface area contributed by atoms with Crippen molar-refractivity contribution in [3.05, 3.63) is 65.0 Å². The van der Waals surface area contributed by atoms with E-state index in [4.69, 9.17) is 9.47 Å². The van der Waals surface area contributed by atoms with Crippen molar-refractivity contribution < 1.29 is 14.3 Å². The first-order chi connectivity index (χ1) is 13.3. The molecule has 1 aliphatic rings. The lowest BCUT2D eigenvalue weighted by Gasteiger charge is -2.33. The van der Waals surface area contributed by atoms with Crippen LogP contribution < -0.4 is 4.74 Å². The smallest absolute Gasteiger partial charge is 0.268 e. The molecule has 4 rings (SSSR count). The number of hydrogen-bond donors (Lipinski definition) is 0. The molecule has 1 aliphatic heterocycles. The summed E-state index contributed by atoms with van der Waals surface area (Å²) in [7, 11) is 1.62. The van der Waals surface area contributed by atoms with Crippen molar-refractivity contribution in [3.63, 3.8) is 0 Å². The number of amides is 1. The van der Waals surface area contributed by atoms with Crippen LogP contribution in [-0.2, 0) is 4.74 Å². The second kappa shape index (κ2) is 7.85. The number of carbonyl (C=O) groups is 1. The number of morpholine rings is 1. The third-order valence-electron chi connectivity index (χ3n) is 4.57. The first-order valence-electron chi connectivity index (χ1n) is 8.69. The molecule has 0 bridgehead atoms. The van der Waals surface area contributed by atoms with E-state index in [2.05, 4.69) is 9.59 Å². The summed E-state index contributed by atoms with van der Waals surface area (Å²) in [5.41, 5.74) is 2.53. The second-order valence-corrected chi connectivity index (χ2v) is 6.95. The minimum atomic E-state index is -0.116. The van der Waals surface area contributed by atoms with Gasteiger partial charge in [-0.1, -0.05) is 34.8 Å². The Morgan fingerprint density at radius 2 is 1.96 bits per heavy atom. The zero-order valence-electron chi connectivity index (χ0n) is 14.9. The number of nitrogens with zero attached hydrogens (tertiary/aromatic N) is 3. The van der Waals surface area contributed by atoms with Gasteiger partial charge in [-0.15, -0.1) is 5.10 Å². The minimum Gasteiger partial charge on any atom is -0.497 e. The minimum absolute atomic E-state index is 0.0555. The molecule has 2 heterocycles. The molecule has 0 N–H and O–H groups in total. The summed E-state index contributed by atoms with van der Waals surface area (Å²) in [4.78, 5) is 15.5. The van der Waals surface area contributed by atoms with Gasteiger partial charge in [0, 0.05) is 12.1 Å². The molecule has 6 nitrogen and oxygen atoms in total. The maximum atomic E-state index is 13.1. The molecular formula is C20H19N3O3S. The van der Waals surface area contributed by atoms with Gasteiger partial charge < -0.3 is 14.4 Å². The van der Waals surface area contributed by atoms with Crippen LogP contribution in [0.1, 0.15) is 21.3 Å². The fraction of sp³-hybridized carbons (Fsp3) is 0.250. The quantitative estimate of drug-likeness (QED) is 0.693. The van der Waals surface area contributed by atoms with Crippen molar-refractivity contribution in [1.82, 2.24) is 14.5 Å². The van der Waals surface area contributed by atoms with Gasteiger partial charge in [0.25, 0.3) is 5.91 Å². The third-order valence-corrected chi connectivity index (χ3v) is 5.28. The SMILES string of the molecule is COc1ccc(-c2nnsc2C(=O)N2CCO[C@H](c3ccccc3)C2)cc1. The number of carbonyl (C=O) groups excluding carboxylic acids is 1. The molecule has 1 atom stereocenters. The van der Waals surface area contributed by atoms with E-state index >= 15 is 0 Å². The van der Waals surface area contributed by atoms with E-state index in [9.17, 15) is 4.79 Å². The summed E-state index contributed by atoms with van der Waals surface area (Å²) in [5, 5.41) is 4.18. The average molecular weight is 381 g/mol. The normalized spacial score (nSPS) is 16.9. The third kappa shape index (κ3) is 3.70. The Kier molecular flexibility index (Phi) is 5.13. The molecule has 7 heteroatoms. The van der Waals surface area contributed by atoms with Crippen molar-refractivity contribution in [1.29, 1.82) is 0 Å². The lowest BCUT2D eigenvalue weighted by molar-refractivity contribution is -0.0226. The summed E-state index contributed by atoms with van der Waals surface area (Å²) < 4.78 is 15.1. The summed E-state index contributed by atoms with van der Waals surface area (Å²) in [6, 6.07) is 17.5. The van der Waals surface area contributed by atoms with Crippen molar-refractivity contribution in [3.8, 4) is 17.0 Å². The van der Waals surface area contributed by atoms with Crippen LogP contribution in [0.15, 0.2) is 54.6 Å². The molecule has 0 saturated carbocycles. The van der Waals surface area contributed by atoms with Crippen LogP contribution in [-0.4, -0.2) is 47.2 Å². The maximum absolute atomic E-state index is 13.1. The summed E-state index contributed by atoms with van der Waals surface area (Å²) in [6.07, 6.45) is -0.116. The van der Waals surface area contributed by atoms with Crippen LogP contribution in [0.2, 0.25) is 0 Å². The fourth-order valence-electron chi connectivity index (χ4n) is 3.12. The highest BCUT2D eigenvalue weighted by Crippen LogP contribution is 2.29. The number of rotatable bonds is 4. The summed E-state index contributed by atoms with van der Waals surface area (Å²) >= 11 is 1.13. The van der Waals surface area contributed by atoms with Gasteiger partial charge in [-0.05, 0) is 41.4 Å². The molecule has 1 aromatic heterocycles. The highest BCUT2D eigenvalue weighted by atomic mass is 32.1. The van der Waals surface area contributed by atoms with Crippen molar-refractivity contribution in [2.75, 3.05) is 26.8 Å². The maximum Gasteiger partial charge on any atom is 0.268 e. The number of benzene rings is 2. The van der Waals surface area contributed by atoms with Gasteiger partial charge in [-0.3, -0.25) is 4.79 Å². The fourth-order valence-corrected chi connectivity index (χ4v) is 3.77. The van der Waals surface area contributed by atoms with Gasteiger partial charge >= 0.3 is 0 Å². The number of hydrogen-bond acceptors (Lipinski definition) is 6. The van der Waals surface area contributed by atoms with Crippen LogP contribution in [0.3, 0.4) is 0 Å². The Morgan fingerprint density at radius 1 is 1.19 bits per heavy atom. The van der Waals surface area contributed by atoms with E-state index in [-0.39, 0.29) is 12.0 Å². The number of methoxy groups -OCH3 is 1. The topological polar surface area (TPSA) is 64.6 Å². The number of ether oxygens (including phenoxy) is 2. The van der Waals surface area contributed by atoms with E-state index < -0.39 is 0 Å². The Morgan fingerprint density at radius 3 is 2.70 bits per heavy atom. The predicted molar refractivity (Wildman–Crippen MR) is 103 cm³/mol. The van der Waals surface area contributed by atoms with Gasteiger partial charge in [-0.25, -0.2) is 0 Å². The molecule has 3 aromatic rings. The van der Waals surface area contributed by atoms with Crippen LogP contribution in [0.25, 0.3) is 11.3 Å². The summed E-state index contributed by atoms with van der Waals surface area (Å²) in [5.74, 6) is 0.703. The molecule has 138 valence electrons. The Labute approximate surface area is 161 Å². The van der Waals surface area contributed by atoms with E-state index in [1.165, 1.54) is 0 Å². The van der Waals surface area contributed by atoms with Crippen LogP contribution in [0.5, 0.6) is 5.75 Å². The monoisotopic (exact) mass is 381 g/mol. The van der Waals surface area contributed by atoms with Crippen LogP contribution in [0.4, 0.5) is 0 Å². The standard InChI is InChI=1S/C20H19N3O3S/c1-25-16-9-7-15(8-10-16)18-19(27-22-21-18)20(24)23-11-12-26-17(13-23)14-5-3-2-4-6-14/h2-10,17H,11-13H2,1H3/t17-/m0/s1. The summed E-state index contributed by atoms with van der Waals surface area (Å²) in [6.45, 7) is 1.58. The van der Waals surface area contributed by atoms with E-state index in [1.807, 2.05) is 59.5 Å². The molecule has 1 saturated heterocycles. The molecule has 27 heavy (non-hydrogen) atoms. The Bertz CT molecular complexity index is 912. The van der Waals surface area contributed by atoms with Gasteiger partial charge in [-0.2, -0.15) is 0 Å². The van der Waals surface area contributed by atoms with Crippen LogP contribution in [0, 0.1) is 0 Å². The van der Waals surface area contributed by atoms with Crippen molar-refractivity contribution in [2.24, 2.45) is 0 Å². The number of aromatic nitrogens is 2. The largest absolute Gasteiger partial charge is 0.497 e. The zero-order chi connectivity index (χ0) is 18.6. The van der Waals surface area contributed by atoms with E-state index in [0.717, 1.165) is 28.4 Å². The second-order valence-electron chi connectivity index (χ2n) is 6.20. The lowest BCUT2D eigenvalue weighted by atomic mass is 10.1.